The molecule has 2 aromatic rings. The smallest absolute Gasteiger partial charge is 0.0340 e. The summed E-state index contributed by atoms with van der Waals surface area (Å²) in [6, 6.07) is 17.2. The van der Waals surface area contributed by atoms with E-state index in [-0.39, 0.29) is 0 Å². The summed E-state index contributed by atoms with van der Waals surface area (Å²) in [5.74, 6) is 0. The lowest BCUT2D eigenvalue weighted by Crippen LogP contribution is -2.04. The van der Waals surface area contributed by atoms with E-state index < -0.39 is 0 Å². The standard InChI is InChI=1S/C19H26N2/c1-16-6-10-18(11-7-16)20-14-4-3-5-15-21-19-12-8-17(2)9-13-19/h6-13,20-21H,3-5,14-15H2,1-2H3. The second-order valence-corrected chi connectivity index (χ2v) is 5.65. The summed E-state index contributed by atoms with van der Waals surface area (Å²) in [6.45, 7) is 6.33. The van der Waals surface area contributed by atoms with Gasteiger partial charge in [-0.25, -0.2) is 0 Å². The van der Waals surface area contributed by atoms with Crippen molar-refractivity contribution in [1.29, 1.82) is 0 Å². The Morgan fingerprint density at radius 2 is 0.952 bits per heavy atom. The molecule has 0 aliphatic heterocycles. The van der Waals surface area contributed by atoms with Crippen LogP contribution in [-0.4, -0.2) is 13.1 Å². The van der Waals surface area contributed by atoms with Gasteiger partial charge in [-0.2, -0.15) is 0 Å². The largest absolute Gasteiger partial charge is 0.385 e. The maximum absolute atomic E-state index is 3.47. The van der Waals surface area contributed by atoms with E-state index in [9.17, 15) is 0 Å². The fraction of sp³-hybridized carbons (Fsp3) is 0.368. The van der Waals surface area contributed by atoms with Gasteiger partial charge in [0.05, 0.1) is 0 Å². The maximum Gasteiger partial charge on any atom is 0.0340 e. The number of rotatable bonds is 8. The van der Waals surface area contributed by atoms with Crippen molar-refractivity contribution in [1.82, 2.24) is 0 Å². The van der Waals surface area contributed by atoms with Crippen LogP contribution >= 0.6 is 0 Å². The van der Waals surface area contributed by atoms with Gasteiger partial charge in [0.25, 0.3) is 0 Å². The van der Waals surface area contributed by atoms with E-state index in [0.29, 0.717) is 0 Å². The molecule has 0 heterocycles. The van der Waals surface area contributed by atoms with Crippen molar-refractivity contribution in [3.63, 3.8) is 0 Å². The zero-order chi connectivity index (χ0) is 14.9. The summed E-state index contributed by atoms with van der Waals surface area (Å²) in [6.07, 6.45) is 3.67. The van der Waals surface area contributed by atoms with Crippen molar-refractivity contribution in [2.45, 2.75) is 33.1 Å². The molecule has 0 amide bonds. The van der Waals surface area contributed by atoms with Crippen molar-refractivity contribution in [2.75, 3.05) is 23.7 Å². The third kappa shape index (κ3) is 5.90. The Bertz CT molecular complexity index is 465. The highest BCUT2D eigenvalue weighted by Gasteiger charge is 1.94. The molecule has 0 aromatic heterocycles. The maximum atomic E-state index is 3.47. The molecule has 2 heteroatoms. The first kappa shape index (κ1) is 15.4. The second-order valence-electron chi connectivity index (χ2n) is 5.65. The average Bonchev–Trinajstić information content (AvgIpc) is 2.50. The van der Waals surface area contributed by atoms with Gasteiger partial charge in [0.15, 0.2) is 0 Å². The normalized spacial score (nSPS) is 10.4. The third-order valence-corrected chi connectivity index (χ3v) is 3.61. The van der Waals surface area contributed by atoms with Gasteiger partial charge in [-0.1, -0.05) is 35.4 Å². The van der Waals surface area contributed by atoms with Gasteiger partial charge >= 0.3 is 0 Å². The Morgan fingerprint density at radius 3 is 1.33 bits per heavy atom. The molecule has 0 aliphatic rings. The molecule has 0 radical (unpaired) electrons. The van der Waals surface area contributed by atoms with Crippen molar-refractivity contribution < 1.29 is 0 Å². The fourth-order valence-corrected chi connectivity index (χ4v) is 2.24. The van der Waals surface area contributed by atoms with Crippen molar-refractivity contribution in [3.05, 3.63) is 59.7 Å². The topological polar surface area (TPSA) is 24.1 Å². The van der Waals surface area contributed by atoms with Crippen LogP contribution in [0.15, 0.2) is 48.5 Å². The van der Waals surface area contributed by atoms with Gasteiger partial charge in [0.1, 0.15) is 0 Å². The highest BCUT2D eigenvalue weighted by atomic mass is 14.9. The number of unbranched alkanes of at least 4 members (excludes halogenated alkanes) is 2. The monoisotopic (exact) mass is 282 g/mol. The molecule has 0 unspecified atom stereocenters. The minimum Gasteiger partial charge on any atom is -0.385 e. The molecule has 2 aromatic carbocycles. The van der Waals surface area contributed by atoms with Gasteiger partial charge in [0, 0.05) is 24.5 Å². The average molecular weight is 282 g/mol. The first-order chi connectivity index (χ1) is 10.2. The van der Waals surface area contributed by atoms with Crippen LogP contribution in [0.2, 0.25) is 0 Å². The van der Waals surface area contributed by atoms with Crippen LogP contribution in [0.5, 0.6) is 0 Å². The van der Waals surface area contributed by atoms with Gasteiger partial charge in [0.2, 0.25) is 0 Å². The predicted molar refractivity (Wildman–Crippen MR) is 93.2 cm³/mol. The predicted octanol–water partition coefficient (Wildman–Crippen LogP) is 5.00. The quantitative estimate of drug-likeness (QED) is 0.666. The molecule has 0 fully saturated rings. The van der Waals surface area contributed by atoms with Crippen LogP contribution < -0.4 is 10.6 Å². The summed E-state index contributed by atoms with van der Waals surface area (Å²) in [7, 11) is 0. The summed E-state index contributed by atoms with van der Waals surface area (Å²) < 4.78 is 0. The van der Waals surface area contributed by atoms with E-state index in [4.69, 9.17) is 0 Å². The fourth-order valence-electron chi connectivity index (χ4n) is 2.24. The Balaban J connectivity index is 1.52. The summed E-state index contributed by atoms with van der Waals surface area (Å²) in [5.41, 5.74) is 5.06. The van der Waals surface area contributed by atoms with E-state index in [2.05, 4.69) is 73.0 Å². The number of hydrogen-bond donors (Lipinski definition) is 2. The summed E-state index contributed by atoms with van der Waals surface area (Å²) in [4.78, 5) is 0. The highest BCUT2D eigenvalue weighted by Crippen LogP contribution is 2.10. The van der Waals surface area contributed by atoms with Crippen LogP contribution in [0.3, 0.4) is 0 Å². The number of anilines is 2. The number of nitrogens with one attached hydrogen (secondary N) is 2. The molecule has 0 saturated carbocycles. The molecule has 0 atom stereocenters. The van der Waals surface area contributed by atoms with Crippen molar-refractivity contribution in [2.24, 2.45) is 0 Å². The van der Waals surface area contributed by atoms with Crippen LogP contribution in [0.25, 0.3) is 0 Å². The molecule has 0 aliphatic carbocycles. The summed E-state index contributed by atoms with van der Waals surface area (Å²) in [5, 5.41) is 6.93. The minimum absolute atomic E-state index is 1.05. The Labute approximate surface area is 128 Å². The molecule has 0 saturated heterocycles. The zero-order valence-corrected chi connectivity index (χ0v) is 13.2. The van der Waals surface area contributed by atoms with E-state index in [1.807, 2.05) is 0 Å². The molecule has 2 rings (SSSR count). The molecule has 2 N–H and O–H groups in total. The molecule has 2 nitrogen and oxygen atoms in total. The molecule has 112 valence electrons. The van der Waals surface area contributed by atoms with Crippen molar-refractivity contribution >= 4 is 11.4 Å². The molecular formula is C19H26N2. The number of aryl methyl sites for hydroxylation is 2. The lowest BCUT2D eigenvalue weighted by atomic mass is 10.2. The first-order valence-corrected chi connectivity index (χ1v) is 7.85. The van der Waals surface area contributed by atoms with Gasteiger partial charge in [-0.15, -0.1) is 0 Å². The number of hydrogen-bond acceptors (Lipinski definition) is 2. The number of benzene rings is 2. The van der Waals surface area contributed by atoms with Gasteiger partial charge in [-0.3, -0.25) is 0 Å². The minimum atomic E-state index is 1.05. The third-order valence-electron chi connectivity index (χ3n) is 3.61. The van der Waals surface area contributed by atoms with Gasteiger partial charge in [-0.05, 0) is 57.4 Å². The molecule has 0 bridgehead atoms. The molecular weight excluding hydrogens is 256 g/mol. The molecule has 0 spiro atoms. The van der Waals surface area contributed by atoms with Crippen LogP contribution in [0.1, 0.15) is 30.4 Å². The van der Waals surface area contributed by atoms with Gasteiger partial charge < -0.3 is 10.6 Å². The Kier molecular flexibility index (Phi) is 6.14. The zero-order valence-electron chi connectivity index (χ0n) is 13.2. The Hall–Kier alpha value is -1.96. The van der Waals surface area contributed by atoms with E-state index in [1.165, 1.54) is 41.8 Å². The lowest BCUT2D eigenvalue weighted by molar-refractivity contribution is 0.721. The second kappa shape index (κ2) is 8.35. The van der Waals surface area contributed by atoms with E-state index in [1.54, 1.807) is 0 Å². The first-order valence-electron chi connectivity index (χ1n) is 7.85. The van der Waals surface area contributed by atoms with Crippen LogP contribution in [0.4, 0.5) is 11.4 Å². The Morgan fingerprint density at radius 1 is 0.571 bits per heavy atom. The highest BCUT2D eigenvalue weighted by molar-refractivity contribution is 5.44. The van der Waals surface area contributed by atoms with Crippen molar-refractivity contribution in [3.8, 4) is 0 Å². The SMILES string of the molecule is Cc1ccc(NCCCCCNc2ccc(C)cc2)cc1. The van der Waals surface area contributed by atoms with Crippen LogP contribution in [0, 0.1) is 13.8 Å². The summed E-state index contributed by atoms with van der Waals surface area (Å²) >= 11 is 0. The van der Waals surface area contributed by atoms with Crippen LogP contribution in [-0.2, 0) is 0 Å². The lowest BCUT2D eigenvalue weighted by Gasteiger charge is -2.08. The molecule has 21 heavy (non-hydrogen) atoms. The van der Waals surface area contributed by atoms with E-state index in [0.717, 1.165) is 13.1 Å². The van der Waals surface area contributed by atoms with E-state index >= 15 is 0 Å².